The van der Waals surface area contributed by atoms with E-state index >= 15 is 0 Å². The summed E-state index contributed by atoms with van der Waals surface area (Å²) in [5.74, 6) is 0.111. The first-order chi connectivity index (χ1) is 14.2. The Morgan fingerprint density at radius 1 is 1.03 bits per heavy atom. The molecular formula is C20H22N4O4S2. The molecule has 10 heteroatoms. The number of carbonyl (C=O) groups is 1. The van der Waals surface area contributed by atoms with Gasteiger partial charge in [0.25, 0.3) is 5.22 Å². The zero-order valence-electron chi connectivity index (χ0n) is 17.0. The van der Waals surface area contributed by atoms with E-state index in [1.165, 1.54) is 18.7 Å². The standard InChI is InChI=1S/C20H22N4O4S2/c1-12-5-7-15(9-14(12)3)19-23-24-20(28-19)29-11-18(25)22-16-8-6-13(2)17(10-16)30(26,27)21-4/h5-10,21H,11H2,1-4H3,(H,22,25). The molecule has 1 aromatic heterocycles. The average molecular weight is 447 g/mol. The van der Waals surface area contributed by atoms with Crippen molar-refractivity contribution < 1.29 is 17.6 Å². The largest absolute Gasteiger partial charge is 0.411 e. The Labute approximate surface area is 179 Å². The summed E-state index contributed by atoms with van der Waals surface area (Å²) >= 11 is 1.11. The first-order valence-corrected chi connectivity index (χ1v) is 11.5. The molecule has 2 N–H and O–H groups in total. The highest BCUT2D eigenvalue weighted by Crippen LogP contribution is 2.25. The number of rotatable bonds is 7. The summed E-state index contributed by atoms with van der Waals surface area (Å²) in [7, 11) is -2.27. The number of sulfonamides is 1. The van der Waals surface area contributed by atoms with Gasteiger partial charge in [0.2, 0.25) is 21.8 Å². The quantitative estimate of drug-likeness (QED) is 0.535. The number of anilines is 1. The third-order valence-corrected chi connectivity index (χ3v) is 6.89. The molecule has 8 nitrogen and oxygen atoms in total. The molecular weight excluding hydrogens is 424 g/mol. The molecule has 158 valence electrons. The maximum atomic E-state index is 12.3. The lowest BCUT2D eigenvalue weighted by molar-refractivity contribution is -0.113. The highest BCUT2D eigenvalue weighted by atomic mass is 32.2. The highest BCUT2D eigenvalue weighted by Gasteiger charge is 2.16. The van der Waals surface area contributed by atoms with Crippen LogP contribution in [0, 0.1) is 20.8 Å². The Hall–Kier alpha value is -2.69. The normalized spacial score (nSPS) is 11.5. The van der Waals surface area contributed by atoms with Crippen LogP contribution in [0.1, 0.15) is 16.7 Å². The zero-order chi connectivity index (χ0) is 21.9. The van der Waals surface area contributed by atoms with Crippen LogP contribution in [-0.4, -0.2) is 37.3 Å². The second-order valence-corrected chi connectivity index (χ2v) is 9.48. The van der Waals surface area contributed by atoms with E-state index in [4.69, 9.17) is 4.42 Å². The van der Waals surface area contributed by atoms with Crippen molar-refractivity contribution in [1.82, 2.24) is 14.9 Å². The SMILES string of the molecule is CNS(=O)(=O)c1cc(NC(=O)CSc2nnc(-c3ccc(C)c(C)c3)o2)ccc1C. The number of hydrogen-bond acceptors (Lipinski definition) is 7. The summed E-state index contributed by atoms with van der Waals surface area (Å²) in [6, 6.07) is 10.6. The lowest BCUT2D eigenvalue weighted by Gasteiger charge is -2.10. The molecule has 0 saturated heterocycles. The van der Waals surface area contributed by atoms with E-state index in [2.05, 4.69) is 20.2 Å². The van der Waals surface area contributed by atoms with Gasteiger partial charge in [-0.3, -0.25) is 4.79 Å². The first-order valence-electron chi connectivity index (χ1n) is 9.07. The maximum absolute atomic E-state index is 12.3. The van der Waals surface area contributed by atoms with Gasteiger partial charge in [-0.15, -0.1) is 10.2 Å². The Morgan fingerprint density at radius 2 is 1.77 bits per heavy atom. The van der Waals surface area contributed by atoms with Crippen molar-refractivity contribution in [3.05, 3.63) is 53.1 Å². The molecule has 0 aliphatic rings. The number of carbonyl (C=O) groups excluding carboxylic acids is 1. The van der Waals surface area contributed by atoms with Gasteiger partial charge in [-0.1, -0.05) is 23.9 Å². The van der Waals surface area contributed by atoms with Gasteiger partial charge in [0.15, 0.2) is 0 Å². The molecule has 1 amide bonds. The van der Waals surface area contributed by atoms with Gasteiger partial charge in [0, 0.05) is 11.3 Å². The van der Waals surface area contributed by atoms with Crippen LogP contribution < -0.4 is 10.0 Å². The van der Waals surface area contributed by atoms with Crippen molar-refractivity contribution >= 4 is 33.4 Å². The van der Waals surface area contributed by atoms with Gasteiger partial charge in [-0.2, -0.15) is 0 Å². The molecule has 0 bridgehead atoms. The van der Waals surface area contributed by atoms with E-state index in [1.807, 2.05) is 32.0 Å². The van der Waals surface area contributed by atoms with Crippen LogP contribution in [0.5, 0.6) is 0 Å². The van der Waals surface area contributed by atoms with Gasteiger partial charge in [0.1, 0.15) is 0 Å². The molecule has 3 rings (SSSR count). The second kappa shape index (κ2) is 8.99. The van der Waals surface area contributed by atoms with Crippen molar-refractivity contribution in [3.8, 4) is 11.5 Å². The van der Waals surface area contributed by atoms with Crippen molar-refractivity contribution in [1.29, 1.82) is 0 Å². The molecule has 0 unspecified atom stereocenters. The average Bonchev–Trinajstić information content (AvgIpc) is 3.19. The maximum Gasteiger partial charge on any atom is 0.277 e. The van der Waals surface area contributed by atoms with Crippen LogP contribution in [0.4, 0.5) is 5.69 Å². The molecule has 0 spiro atoms. The molecule has 0 aliphatic carbocycles. The number of benzene rings is 2. The number of amides is 1. The second-order valence-electron chi connectivity index (χ2n) is 6.70. The smallest absolute Gasteiger partial charge is 0.277 e. The molecule has 0 aliphatic heterocycles. The lowest BCUT2D eigenvalue weighted by atomic mass is 10.1. The summed E-state index contributed by atoms with van der Waals surface area (Å²) in [6.45, 7) is 5.72. The third kappa shape index (κ3) is 5.07. The highest BCUT2D eigenvalue weighted by molar-refractivity contribution is 7.99. The number of aryl methyl sites for hydroxylation is 3. The lowest BCUT2D eigenvalue weighted by Crippen LogP contribution is -2.20. The van der Waals surface area contributed by atoms with E-state index < -0.39 is 10.0 Å². The van der Waals surface area contributed by atoms with E-state index in [-0.39, 0.29) is 21.8 Å². The number of aromatic nitrogens is 2. The van der Waals surface area contributed by atoms with Gasteiger partial charge in [-0.05, 0) is 68.8 Å². The summed E-state index contributed by atoms with van der Waals surface area (Å²) in [5.41, 5.74) is 4.09. The third-order valence-electron chi connectivity index (χ3n) is 4.52. The van der Waals surface area contributed by atoms with Crippen LogP contribution in [0.2, 0.25) is 0 Å². The molecule has 3 aromatic rings. The minimum Gasteiger partial charge on any atom is -0.411 e. The van der Waals surface area contributed by atoms with E-state index in [9.17, 15) is 13.2 Å². The van der Waals surface area contributed by atoms with E-state index in [0.717, 1.165) is 22.9 Å². The Kier molecular flexibility index (Phi) is 6.59. The number of hydrogen-bond donors (Lipinski definition) is 2. The summed E-state index contributed by atoms with van der Waals surface area (Å²) < 4.78 is 32.1. The Morgan fingerprint density at radius 3 is 2.47 bits per heavy atom. The molecule has 1 heterocycles. The summed E-state index contributed by atoms with van der Waals surface area (Å²) in [4.78, 5) is 12.4. The molecule has 0 fully saturated rings. The van der Waals surface area contributed by atoms with Crippen LogP contribution in [0.3, 0.4) is 0 Å². The number of nitrogens with zero attached hydrogens (tertiary/aromatic N) is 2. The minimum absolute atomic E-state index is 0.0382. The fraction of sp³-hybridized carbons (Fsp3) is 0.250. The minimum atomic E-state index is -3.61. The Balaban J connectivity index is 1.64. The number of nitrogens with one attached hydrogen (secondary N) is 2. The van der Waals surface area contributed by atoms with Gasteiger partial charge in [-0.25, -0.2) is 13.1 Å². The van der Waals surface area contributed by atoms with Crippen molar-refractivity contribution in [2.75, 3.05) is 18.1 Å². The van der Waals surface area contributed by atoms with Crippen LogP contribution in [0.25, 0.3) is 11.5 Å². The fourth-order valence-electron chi connectivity index (χ4n) is 2.66. The molecule has 30 heavy (non-hydrogen) atoms. The molecule has 0 atom stereocenters. The van der Waals surface area contributed by atoms with Crippen molar-refractivity contribution in [3.63, 3.8) is 0 Å². The van der Waals surface area contributed by atoms with Crippen molar-refractivity contribution in [2.45, 2.75) is 30.9 Å². The predicted molar refractivity (Wildman–Crippen MR) is 116 cm³/mol. The van der Waals surface area contributed by atoms with Crippen molar-refractivity contribution in [2.24, 2.45) is 0 Å². The molecule has 2 aromatic carbocycles. The van der Waals surface area contributed by atoms with Gasteiger partial charge >= 0.3 is 0 Å². The van der Waals surface area contributed by atoms with Gasteiger partial charge in [0.05, 0.1) is 10.6 Å². The topological polar surface area (TPSA) is 114 Å². The Bertz CT molecular complexity index is 1190. The first kappa shape index (κ1) is 22.0. The van der Waals surface area contributed by atoms with E-state index in [1.54, 1.807) is 19.1 Å². The van der Waals surface area contributed by atoms with Gasteiger partial charge < -0.3 is 9.73 Å². The molecule has 0 saturated carbocycles. The zero-order valence-corrected chi connectivity index (χ0v) is 18.6. The van der Waals surface area contributed by atoms with E-state index in [0.29, 0.717) is 17.1 Å². The summed E-state index contributed by atoms with van der Waals surface area (Å²) in [5, 5.41) is 11.0. The predicted octanol–water partition coefficient (Wildman–Crippen LogP) is 3.30. The monoisotopic (exact) mass is 446 g/mol. The number of thioether (sulfide) groups is 1. The molecule has 0 radical (unpaired) electrons. The summed E-state index contributed by atoms with van der Waals surface area (Å²) in [6.07, 6.45) is 0. The van der Waals surface area contributed by atoms with Crippen LogP contribution in [-0.2, 0) is 14.8 Å². The van der Waals surface area contributed by atoms with Crippen LogP contribution >= 0.6 is 11.8 Å². The fourth-order valence-corrected chi connectivity index (χ4v) is 4.22. The van der Waals surface area contributed by atoms with Crippen LogP contribution in [0.15, 0.2) is 50.9 Å².